The summed E-state index contributed by atoms with van der Waals surface area (Å²) in [6.45, 7) is 10.4. The highest BCUT2D eigenvalue weighted by Crippen LogP contribution is 2.29. The number of hydrogen-bond donors (Lipinski definition) is 2. The highest BCUT2D eigenvalue weighted by molar-refractivity contribution is 7.99. The summed E-state index contributed by atoms with van der Waals surface area (Å²) in [5.74, 6) is 1.32. The second-order valence-electron chi connectivity index (χ2n) is 6.20. The Kier molecular flexibility index (Phi) is 6.67. The van der Waals surface area contributed by atoms with Crippen LogP contribution < -0.4 is 10.6 Å². The van der Waals surface area contributed by atoms with Crippen molar-refractivity contribution in [3.8, 4) is 0 Å². The molecular formula is C15H30N2OS. The Morgan fingerprint density at radius 1 is 1.37 bits per heavy atom. The number of carbonyl (C=O) groups is 1. The smallest absolute Gasteiger partial charge is 0.237 e. The molecule has 0 spiro atoms. The minimum absolute atomic E-state index is 0.0961. The molecule has 3 unspecified atom stereocenters. The molecule has 3 atom stereocenters. The standard InChI is InChI=1S/C15H30N2OS/c1-6-15(4,5)17-14(18)11(3)16-12-8-9-13(10-12)19-7-2/h11-13,16H,6-10H2,1-5H3,(H,17,18). The van der Waals surface area contributed by atoms with Crippen LogP contribution in [-0.4, -0.2) is 34.5 Å². The molecule has 0 bridgehead atoms. The van der Waals surface area contributed by atoms with E-state index in [1.54, 1.807) is 0 Å². The molecule has 0 aromatic heterocycles. The van der Waals surface area contributed by atoms with Gasteiger partial charge in [0, 0.05) is 16.8 Å². The van der Waals surface area contributed by atoms with E-state index in [1.165, 1.54) is 25.0 Å². The van der Waals surface area contributed by atoms with E-state index in [-0.39, 0.29) is 17.5 Å². The summed E-state index contributed by atoms with van der Waals surface area (Å²) >= 11 is 2.05. The Morgan fingerprint density at radius 2 is 2.05 bits per heavy atom. The normalized spacial score (nSPS) is 25.3. The molecule has 1 aliphatic carbocycles. The molecule has 19 heavy (non-hydrogen) atoms. The molecule has 0 aromatic rings. The first kappa shape index (κ1) is 16.8. The zero-order chi connectivity index (χ0) is 14.5. The van der Waals surface area contributed by atoms with E-state index in [2.05, 4.69) is 50.1 Å². The molecule has 0 saturated heterocycles. The van der Waals surface area contributed by atoms with Gasteiger partial charge in [-0.25, -0.2) is 0 Å². The molecular weight excluding hydrogens is 256 g/mol. The number of nitrogens with one attached hydrogen (secondary N) is 2. The van der Waals surface area contributed by atoms with Crippen LogP contribution in [-0.2, 0) is 4.79 Å². The third-order valence-electron chi connectivity index (χ3n) is 4.01. The monoisotopic (exact) mass is 286 g/mol. The maximum Gasteiger partial charge on any atom is 0.237 e. The van der Waals surface area contributed by atoms with Crippen LogP contribution >= 0.6 is 11.8 Å². The van der Waals surface area contributed by atoms with Crippen molar-refractivity contribution < 1.29 is 4.79 Å². The van der Waals surface area contributed by atoms with Crippen molar-refractivity contribution in [3.05, 3.63) is 0 Å². The van der Waals surface area contributed by atoms with Crippen molar-refractivity contribution in [2.75, 3.05) is 5.75 Å². The predicted octanol–water partition coefficient (Wildman–Crippen LogP) is 2.94. The predicted molar refractivity (Wildman–Crippen MR) is 84.7 cm³/mol. The molecule has 0 radical (unpaired) electrons. The van der Waals surface area contributed by atoms with Crippen LogP contribution in [0.5, 0.6) is 0 Å². The first-order valence-corrected chi connectivity index (χ1v) is 8.62. The number of amides is 1. The zero-order valence-electron chi connectivity index (χ0n) is 13.1. The summed E-state index contributed by atoms with van der Waals surface area (Å²) in [7, 11) is 0. The van der Waals surface area contributed by atoms with Crippen LogP contribution in [0.2, 0.25) is 0 Å². The van der Waals surface area contributed by atoms with Gasteiger partial charge >= 0.3 is 0 Å². The summed E-state index contributed by atoms with van der Waals surface area (Å²) in [6.07, 6.45) is 4.63. The lowest BCUT2D eigenvalue weighted by molar-refractivity contribution is -0.124. The van der Waals surface area contributed by atoms with Gasteiger partial charge in [0.2, 0.25) is 5.91 Å². The maximum atomic E-state index is 12.1. The summed E-state index contributed by atoms with van der Waals surface area (Å²) < 4.78 is 0. The maximum absolute atomic E-state index is 12.1. The van der Waals surface area contributed by atoms with Crippen LogP contribution in [0.1, 0.15) is 60.3 Å². The molecule has 0 aliphatic heterocycles. The van der Waals surface area contributed by atoms with Gasteiger partial charge in [-0.1, -0.05) is 13.8 Å². The van der Waals surface area contributed by atoms with Crippen LogP contribution in [0.3, 0.4) is 0 Å². The number of carbonyl (C=O) groups excluding carboxylic acids is 1. The van der Waals surface area contributed by atoms with Gasteiger partial charge in [0.1, 0.15) is 0 Å². The topological polar surface area (TPSA) is 41.1 Å². The first-order chi connectivity index (χ1) is 8.88. The fourth-order valence-electron chi connectivity index (χ4n) is 2.44. The Hall–Kier alpha value is -0.220. The van der Waals surface area contributed by atoms with Crippen molar-refractivity contribution >= 4 is 17.7 Å². The quantitative estimate of drug-likeness (QED) is 0.756. The number of rotatable bonds is 7. The van der Waals surface area contributed by atoms with E-state index in [1.807, 2.05) is 6.92 Å². The van der Waals surface area contributed by atoms with Gasteiger partial charge in [-0.05, 0) is 52.2 Å². The van der Waals surface area contributed by atoms with E-state index in [4.69, 9.17) is 0 Å². The molecule has 3 nitrogen and oxygen atoms in total. The zero-order valence-corrected chi connectivity index (χ0v) is 13.9. The summed E-state index contributed by atoms with van der Waals surface area (Å²) in [5.41, 5.74) is -0.108. The second kappa shape index (κ2) is 7.53. The van der Waals surface area contributed by atoms with Gasteiger partial charge in [-0.15, -0.1) is 0 Å². The van der Waals surface area contributed by atoms with Crippen molar-refractivity contribution in [2.24, 2.45) is 0 Å². The molecule has 1 fully saturated rings. The lowest BCUT2D eigenvalue weighted by Crippen LogP contribution is -2.52. The van der Waals surface area contributed by atoms with Gasteiger partial charge in [-0.3, -0.25) is 4.79 Å². The average Bonchev–Trinajstić information content (AvgIpc) is 2.76. The van der Waals surface area contributed by atoms with Crippen molar-refractivity contribution in [1.29, 1.82) is 0 Å². The highest BCUT2D eigenvalue weighted by Gasteiger charge is 2.28. The van der Waals surface area contributed by atoms with Gasteiger partial charge in [0.05, 0.1) is 6.04 Å². The van der Waals surface area contributed by atoms with E-state index < -0.39 is 0 Å². The summed E-state index contributed by atoms with van der Waals surface area (Å²) in [5, 5.41) is 7.38. The molecule has 0 aromatic carbocycles. The van der Waals surface area contributed by atoms with Gasteiger partial charge < -0.3 is 10.6 Å². The minimum Gasteiger partial charge on any atom is -0.350 e. The average molecular weight is 286 g/mol. The van der Waals surface area contributed by atoms with Gasteiger partial charge in [0.25, 0.3) is 0 Å². The summed E-state index contributed by atoms with van der Waals surface area (Å²) in [4.78, 5) is 12.1. The number of hydrogen-bond acceptors (Lipinski definition) is 3. The molecule has 1 amide bonds. The Balaban J connectivity index is 2.35. The van der Waals surface area contributed by atoms with Crippen LogP contribution in [0, 0.1) is 0 Å². The fourth-order valence-corrected chi connectivity index (χ4v) is 3.58. The Labute approximate surface area is 122 Å². The largest absolute Gasteiger partial charge is 0.350 e. The lowest BCUT2D eigenvalue weighted by atomic mass is 10.0. The minimum atomic E-state index is -0.108. The number of thioether (sulfide) groups is 1. The lowest BCUT2D eigenvalue weighted by Gasteiger charge is -2.28. The molecule has 112 valence electrons. The van der Waals surface area contributed by atoms with E-state index >= 15 is 0 Å². The fraction of sp³-hybridized carbons (Fsp3) is 0.933. The third-order valence-corrected chi connectivity index (χ3v) is 5.24. The first-order valence-electron chi connectivity index (χ1n) is 7.57. The highest BCUT2D eigenvalue weighted by atomic mass is 32.2. The van der Waals surface area contributed by atoms with Crippen molar-refractivity contribution in [3.63, 3.8) is 0 Å². The Morgan fingerprint density at radius 3 is 2.63 bits per heavy atom. The van der Waals surface area contributed by atoms with Crippen LogP contribution in [0.25, 0.3) is 0 Å². The molecule has 2 N–H and O–H groups in total. The SMILES string of the molecule is CCSC1CCC(NC(C)C(=O)NC(C)(C)CC)C1. The van der Waals surface area contributed by atoms with E-state index in [0.717, 1.165) is 11.7 Å². The van der Waals surface area contributed by atoms with Crippen molar-refractivity contribution in [1.82, 2.24) is 10.6 Å². The third kappa shape index (κ3) is 5.74. The van der Waals surface area contributed by atoms with E-state index in [9.17, 15) is 4.79 Å². The summed E-state index contributed by atoms with van der Waals surface area (Å²) in [6, 6.07) is 0.413. The Bertz CT molecular complexity index is 294. The molecule has 1 rings (SSSR count). The van der Waals surface area contributed by atoms with Gasteiger partial charge in [-0.2, -0.15) is 11.8 Å². The van der Waals surface area contributed by atoms with E-state index in [0.29, 0.717) is 6.04 Å². The van der Waals surface area contributed by atoms with Gasteiger partial charge in [0.15, 0.2) is 0 Å². The second-order valence-corrected chi connectivity index (χ2v) is 7.78. The molecule has 1 aliphatic rings. The molecule has 0 heterocycles. The molecule has 1 saturated carbocycles. The van der Waals surface area contributed by atoms with Crippen LogP contribution in [0.4, 0.5) is 0 Å². The molecule has 4 heteroatoms. The van der Waals surface area contributed by atoms with Crippen LogP contribution in [0.15, 0.2) is 0 Å². The van der Waals surface area contributed by atoms with Crippen molar-refractivity contribution in [2.45, 2.75) is 83.2 Å².